The molecule has 0 atom stereocenters. The fourth-order valence-electron chi connectivity index (χ4n) is 3.31. The predicted molar refractivity (Wildman–Crippen MR) is 106 cm³/mol. The predicted octanol–water partition coefficient (Wildman–Crippen LogP) is 3.41. The Hall–Kier alpha value is -2.82. The minimum Gasteiger partial charge on any atom is -0.491 e. The van der Waals surface area contributed by atoms with E-state index in [0.29, 0.717) is 18.8 Å². The highest BCUT2D eigenvalue weighted by atomic mass is 16.5. The summed E-state index contributed by atoms with van der Waals surface area (Å²) in [6.45, 7) is 6.74. The van der Waals surface area contributed by atoms with Crippen LogP contribution in [0.25, 0.3) is 0 Å². The molecule has 0 fully saturated rings. The topological polar surface area (TPSA) is 49.9 Å². The first-order valence-corrected chi connectivity index (χ1v) is 9.33. The van der Waals surface area contributed by atoms with E-state index in [1.165, 1.54) is 23.0 Å². The first-order chi connectivity index (χ1) is 12.9. The first kappa shape index (κ1) is 19.0. The number of amides is 2. The van der Waals surface area contributed by atoms with Crippen LogP contribution >= 0.6 is 0 Å². The van der Waals surface area contributed by atoms with Gasteiger partial charge in [0, 0.05) is 25.7 Å². The van der Waals surface area contributed by atoms with Crippen LogP contribution in [0.15, 0.2) is 48.5 Å². The summed E-state index contributed by atoms with van der Waals surface area (Å²) in [5.41, 5.74) is 3.18. The molecule has 0 aliphatic carbocycles. The normalized spacial score (nSPS) is 13.3. The van der Waals surface area contributed by atoms with Crippen LogP contribution in [-0.2, 0) is 22.6 Å². The summed E-state index contributed by atoms with van der Waals surface area (Å²) in [6, 6.07) is 15.5. The van der Waals surface area contributed by atoms with E-state index in [2.05, 4.69) is 12.1 Å². The number of nitrogens with zero attached hydrogens (tertiary/aromatic N) is 2. The number of anilines is 1. The van der Waals surface area contributed by atoms with E-state index >= 15 is 0 Å². The molecule has 1 aliphatic heterocycles. The van der Waals surface area contributed by atoms with Crippen molar-refractivity contribution in [3.8, 4) is 5.75 Å². The molecule has 5 heteroatoms. The second kappa shape index (κ2) is 8.25. The van der Waals surface area contributed by atoms with Crippen LogP contribution in [0.5, 0.6) is 5.75 Å². The molecule has 0 radical (unpaired) electrons. The molecule has 142 valence electrons. The van der Waals surface area contributed by atoms with Crippen molar-refractivity contribution in [1.29, 1.82) is 0 Å². The third-order valence-electron chi connectivity index (χ3n) is 4.68. The molecule has 0 saturated carbocycles. The lowest BCUT2D eigenvalue weighted by atomic mass is 10.00. The molecule has 0 bridgehead atoms. The van der Waals surface area contributed by atoms with Gasteiger partial charge < -0.3 is 14.5 Å². The summed E-state index contributed by atoms with van der Waals surface area (Å²) in [4.78, 5) is 28.3. The molecule has 2 amide bonds. The van der Waals surface area contributed by atoms with Crippen LogP contribution in [0.1, 0.15) is 31.9 Å². The Kier molecular flexibility index (Phi) is 5.79. The van der Waals surface area contributed by atoms with Crippen molar-refractivity contribution in [3.05, 3.63) is 59.7 Å². The summed E-state index contributed by atoms with van der Waals surface area (Å²) >= 11 is 0. The minimum atomic E-state index is -0.154. The van der Waals surface area contributed by atoms with Gasteiger partial charge in [0.1, 0.15) is 12.3 Å². The number of hydrogen-bond donors (Lipinski definition) is 0. The Balaban J connectivity index is 1.69. The summed E-state index contributed by atoms with van der Waals surface area (Å²) in [7, 11) is 0. The molecule has 0 unspecified atom stereocenters. The van der Waals surface area contributed by atoms with Gasteiger partial charge in [-0.2, -0.15) is 0 Å². The third-order valence-corrected chi connectivity index (χ3v) is 4.68. The van der Waals surface area contributed by atoms with Gasteiger partial charge in [-0.25, -0.2) is 0 Å². The van der Waals surface area contributed by atoms with Crippen LogP contribution in [0.3, 0.4) is 0 Å². The Labute approximate surface area is 160 Å². The quantitative estimate of drug-likeness (QED) is 0.815. The second-order valence-corrected chi connectivity index (χ2v) is 7.10. The van der Waals surface area contributed by atoms with Crippen molar-refractivity contribution >= 4 is 17.5 Å². The minimum absolute atomic E-state index is 0.0396. The van der Waals surface area contributed by atoms with E-state index in [0.717, 1.165) is 12.2 Å². The molecular formula is C22H26N2O3. The van der Waals surface area contributed by atoms with Crippen molar-refractivity contribution in [2.24, 2.45) is 0 Å². The van der Waals surface area contributed by atoms with Gasteiger partial charge >= 0.3 is 0 Å². The maximum Gasteiger partial charge on any atom is 0.242 e. The van der Waals surface area contributed by atoms with Gasteiger partial charge in [-0.3, -0.25) is 9.59 Å². The Morgan fingerprint density at radius 1 is 1.07 bits per heavy atom. The molecule has 1 aliphatic rings. The lowest BCUT2D eigenvalue weighted by Crippen LogP contribution is -2.44. The van der Waals surface area contributed by atoms with Crippen molar-refractivity contribution in [3.63, 3.8) is 0 Å². The average Bonchev–Trinajstić information content (AvgIpc) is 2.65. The molecule has 2 aromatic carbocycles. The van der Waals surface area contributed by atoms with Gasteiger partial charge in [-0.15, -0.1) is 0 Å². The molecule has 0 aromatic heterocycles. The number of benzene rings is 2. The standard InChI is InChI=1S/C22H26N2O3/c1-16(2)27-21-10-8-20(9-11-21)24(17(3)25)15-22(26)23-13-12-18-6-4-5-7-19(18)14-23/h4-11,16H,12-15H2,1-3H3. The number of carbonyl (C=O) groups excluding carboxylic acids is 2. The second-order valence-electron chi connectivity index (χ2n) is 7.10. The van der Waals surface area contributed by atoms with Crippen molar-refractivity contribution in [2.75, 3.05) is 18.0 Å². The fourth-order valence-corrected chi connectivity index (χ4v) is 3.31. The zero-order valence-corrected chi connectivity index (χ0v) is 16.1. The van der Waals surface area contributed by atoms with E-state index in [9.17, 15) is 9.59 Å². The molecule has 3 rings (SSSR count). The highest BCUT2D eigenvalue weighted by molar-refractivity contribution is 5.97. The van der Waals surface area contributed by atoms with Crippen LogP contribution in [0.2, 0.25) is 0 Å². The summed E-state index contributed by atoms with van der Waals surface area (Å²) in [6.07, 6.45) is 0.937. The number of fused-ring (bicyclic) bond motifs is 1. The molecule has 0 spiro atoms. The van der Waals surface area contributed by atoms with Crippen LogP contribution in [0, 0.1) is 0 Å². The van der Waals surface area contributed by atoms with Crippen LogP contribution in [0.4, 0.5) is 5.69 Å². The Bertz CT molecular complexity index is 815. The zero-order chi connectivity index (χ0) is 19.4. The fraction of sp³-hybridized carbons (Fsp3) is 0.364. The van der Waals surface area contributed by atoms with Crippen LogP contribution < -0.4 is 9.64 Å². The van der Waals surface area contributed by atoms with E-state index in [4.69, 9.17) is 4.74 Å². The van der Waals surface area contributed by atoms with Gasteiger partial charge in [0.2, 0.25) is 11.8 Å². The highest BCUT2D eigenvalue weighted by Crippen LogP contribution is 2.22. The van der Waals surface area contributed by atoms with E-state index < -0.39 is 0 Å². The number of hydrogen-bond acceptors (Lipinski definition) is 3. The SMILES string of the molecule is CC(=O)N(CC(=O)N1CCc2ccccc2C1)c1ccc(OC(C)C)cc1. The van der Waals surface area contributed by atoms with E-state index in [-0.39, 0.29) is 24.5 Å². The van der Waals surface area contributed by atoms with Gasteiger partial charge in [-0.05, 0) is 55.7 Å². The Morgan fingerprint density at radius 2 is 1.74 bits per heavy atom. The molecule has 27 heavy (non-hydrogen) atoms. The molecule has 0 saturated heterocycles. The summed E-state index contributed by atoms with van der Waals surface area (Å²) in [5.74, 6) is 0.553. The molecule has 1 heterocycles. The van der Waals surface area contributed by atoms with Gasteiger partial charge in [-0.1, -0.05) is 24.3 Å². The van der Waals surface area contributed by atoms with E-state index in [1.807, 2.05) is 55.1 Å². The lowest BCUT2D eigenvalue weighted by molar-refractivity contribution is -0.132. The van der Waals surface area contributed by atoms with Crippen molar-refractivity contribution in [1.82, 2.24) is 4.90 Å². The maximum atomic E-state index is 12.8. The van der Waals surface area contributed by atoms with Crippen molar-refractivity contribution < 1.29 is 14.3 Å². The molecule has 5 nitrogen and oxygen atoms in total. The smallest absolute Gasteiger partial charge is 0.242 e. The average molecular weight is 366 g/mol. The van der Waals surface area contributed by atoms with Gasteiger partial charge in [0.15, 0.2) is 0 Å². The monoisotopic (exact) mass is 366 g/mol. The molecule has 2 aromatic rings. The van der Waals surface area contributed by atoms with Gasteiger partial charge in [0.25, 0.3) is 0 Å². The third kappa shape index (κ3) is 4.67. The highest BCUT2D eigenvalue weighted by Gasteiger charge is 2.24. The molecule has 0 N–H and O–H groups in total. The summed E-state index contributed by atoms with van der Waals surface area (Å²) in [5, 5.41) is 0. The molecular weight excluding hydrogens is 340 g/mol. The van der Waals surface area contributed by atoms with E-state index in [1.54, 1.807) is 0 Å². The lowest BCUT2D eigenvalue weighted by Gasteiger charge is -2.31. The van der Waals surface area contributed by atoms with Crippen molar-refractivity contribution in [2.45, 2.75) is 39.8 Å². The largest absolute Gasteiger partial charge is 0.491 e. The maximum absolute atomic E-state index is 12.8. The summed E-state index contributed by atoms with van der Waals surface area (Å²) < 4.78 is 5.64. The zero-order valence-electron chi connectivity index (χ0n) is 16.1. The number of carbonyl (C=O) groups is 2. The first-order valence-electron chi connectivity index (χ1n) is 9.33. The Morgan fingerprint density at radius 3 is 2.37 bits per heavy atom. The number of rotatable bonds is 5. The van der Waals surface area contributed by atoms with Crippen LogP contribution in [-0.4, -0.2) is 35.9 Å². The van der Waals surface area contributed by atoms with Gasteiger partial charge in [0.05, 0.1) is 6.10 Å². The number of ether oxygens (including phenoxy) is 1.